The number of aliphatic hydroxyl groups is 1. The van der Waals surface area contributed by atoms with E-state index < -0.39 is 0 Å². The maximum Gasteiger partial charge on any atom is 0.0697 e. The Kier molecular flexibility index (Phi) is 7.81. The number of nitrogens with one attached hydrogen (secondary N) is 1. The summed E-state index contributed by atoms with van der Waals surface area (Å²) in [5.74, 6) is 0.882. The summed E-state index contributed by atoms with van der Waals surface area (Å²) in [6, 6.07) is 0.651. The van der Waals surface area contributed by atoms with Gasteiger partial charge in [0.2, 0.25) is 0 Å². The molecule has 2 N–H and O–H groups in total. The van der Waals surface area contributed by atoms with E-state index in [0.717, 1.165) is 25.5 Å². The Balaban J connectivity index is 1.94. The molecule has 0 bridgehead atoms. The average Bonchev–Trinajstić information content (AvgIpc) is 2.34. The average molecular weight is 229 g/mol. The van der Waals surface area contributed by atoms with E-state index >= 15 is 0 Å². The van der Waals surface area contributed by atoms with Gasteiger partial charge < -0.3 is 15.2 Å². The molecule has 0 saturated heterocycles. The molecule has 0 aliphatic heterocycles. The van der Waals surface area contributed by atoms with Crippen LogP contribution in [0.2, 0.25) is 0 Å². The van der Waals surface area contributed by atoms with Gasteiger partial charge in [0.25, 0.3) is 0 Å². The number of aliphatic hydroxyl groups excluding tert-OH is 1. The lowest BCUT2D eigenvalue weighted by Gasteiger charge is -2.28. The van der Waals surface area contributed by atoms with Gasteiger partial charge in [0.1, 0.15) is 0 Å². The first kappa shape index (κ1) is 13.9. The van der Waals surface area contributed by atoms with Crippen molar-refractivity contribution in [3.63, 3.8) is 0 Å². The first-order valence-electron chi connectivity index (χ1n) is 6.76. The van der Waals surface area contributed by atoms with E-state index in [1.54, 1.807) is 0 Å². The Hall–Kier alpha value is -0.120. The Morgan fingerprint density at radius 2 is 2.00 bits per heavy atom. The van der Waals surface area contributed by atoms with Gasteiger partial charge in [0.05, 0.1) is 13.2 Å². The summed E-state index contributed by atoms with van der Waals surface area (Å²) < 4.78 is 5.22. The third kappa shape index (κ3) is 5.83. The van der Waals surface area contributed by atoms with Crippen molar-refractivity contribution in [1.29, 1.82) is 0 Å². The van der Waals surface area contributed by atoms with Crippen molar-refractivity contribution >= 4 is 0 Å². The van der Waals surface area contributed by atoms with Crippen LogP contribution in [0.25, 0.3) is 0 Å². The zero-order valence-corrected chi connectivity index (χ0v) is 10.6. The SMILES string of the molecule is CC(NCCCOCCO)C1CCCCC1. The predicted molar refractivity (Wildman–Crippen MR) is 66.6 cm³/mol. The monoisotopic (exact) mass is 229 g/mol. The van der Waals surface area contributed by atoms with Gasteiger partial charge in [-0.2, -0.15) is 0 Å². The van der Waals surface area contributed by atoms with Gasteiger partial charge in [0.15, 0.2) is 0 Å². The van der Waals surface area contributed by atoms with E-state index in [2.05, 4.69) is 12.2 Å². The lowest BCUT2D eigenvalue weighted by molar-refractivity contribution is 0.0899. The van der Waals surface area contributed by atoms with Crippen molar-refractivity contribution in [2.24, 2.45) is 5.92 Å². The van der Waals surface area contributed by atoms with Crippen LogP contribution in [0.1, 0.15) is 45.4 Å². The highest BCUT2D eigenvalue weighted by atomic mass is 16.5. The highest BCUT2D eigenvalue weighted by Crippen LogP contribution is 2.26. The molecule has 1 aliphatic rings. The van der Waals surface area contributed by atoms with Gasteiger partial charge in [-0.1, -0.05) is 19.3 Å². The van der Waals surface area contributed by atoms with Crippen LogP contribution in [-0.2, 0) is 4.74 Å². The molecule has 3 nitrogen and oxygen atoms in total. The largest absolute Gasteiger partial charge is 0.394 e. The third-order valence-corrected chi connectivity index (χ3v) is 3.52. The van der Waals surface area contributed by atoms with Gasteiger partial charge in [0, 0.05) is 12.6 Å². The molecule has 0 spiro atoms. The van der Waals surface area contributed by atoms with Crippen LogP contribution >= 0.6 is 0 Å². The van der Waals surface area contributed by atoms with Crippen molar-refractivity contribution in [3.8, 4) is 0 Å². The molecule has 1 rings (SSSR count). The van der Waals surface area contributed by atoms with Gasteiger partial charge in [-0.05, 0) is 38.6 Å². The van der Waals surface area contributed by atoms with Gasteiger partial charge in [-0.25, -0.2) is 0 Å². The molecule has 1 fully saturated rings. The molecule has 1 atom stereocenters. The Morgan fingerprint density at radius 3 is 2.69 bits per heavy atom. The molecule has 0 aromatic carbocycles. The lowest BCUT2D eigenvalue weighted by atomic mass is 9.84. The van der Waals surface area contributed by atoms with Crippen LogP contribution in [0.5, 0.6) is 0 Å². The summed E-state index contributed by atoms with van der Waals surface area (Å²) in [4.78, 5) is 0. The van der Waals surface area contributed by atoms with E-state index in [0.29, 0.717) is 12.6 Å². The second-order valence-electron chi connectivity index (χ2n) is 4.83. The molecule has 0 aromatic rings. The van der Waals surface area contributed by atoms with Crippen molar-refractivity contribution < 1.29 is 9.84 Å². The standard InChI is InChI=1S/C13H27NO2/c1-12(13-6-3-2-4-7-13)14-8-5-10-16-11-9-15/h12-15H,2-11H2,1H3. The smallest absolute Gasteiger partial charge is 0.0697 e. The molecule has 0 amide bonds. The zero-order valence-electron chi connectivity index (χ0n) is 10.6. The summed E-state index contributed by atoms with van der Waals surface area (Å²) in [6.07, 6.45) is 8.09. The Morgan fingerprint density at radius 1 is 1.25 bits per heavy atom. The maximum absolute atomic E-state index is 8.54. The van der Waals surface area contributed by atoms with Crippen LogP contribution in [0.3, 0.4) is 0 Å². The van der Waals surface area contributed by atoms with E-state index in [1.807, 2.05) is 0 Å². The molecule has 16 heavy (non-hydrogen) atoms. The Bertz CT molecular complexity index is 158. The first-order chi connectivity index (χ1) is 7.84. The topological polar surface area (TPSA) is 41.5 Å². The van der Waals surface area contributed by atoms with Crippen molar-refractivity contribution in [2.45, 2.75) is 51.5 Å². The molecule has 1 saturated carbocycles. The molecule has 1 aliphatic carbocycles. The molecular weight excluding hydrogens is 202 g/mol. The van der Waals surface area contributed by atoms with Crippen LogP contribution in [0.4, 0.5) is 0 Å². The van der Waals surface area contributed by atoms with E-state index in [-0.39, 0.29) is 6.61 Å². The molecule has 3 heteroatoms. The van der Waals surface area contributed by atoms with Crippen LogP contribution in [0.15, 0.2) is 0 Å². The summed E-state index contributed by atoms with van der Waals surface area (Å²) in [5.41, 5.74) is 0. The summed E-state index contributed by atoms with van der Waals surface area (Å²) in [5, 5.41) is 12.1. The number of ether oxygens (including phenoxy) is 1. The van der Waals surface area contributed by atoms with E-state index in [4.69, 9.17) is 9.84 Å². The van der Waals surface area contributed by atoms with Crippen molar-refractivity contribution in [1.82, 2.24) is 5.32 Å². The summed E-state index contributed by atoms with van der Waals surface area (Å²) >= 11 is 0. The molecular formula is C13H27NO2. The lowest BCUT2D eigenvalue weighted by Crippen LogP contribution is -2.35. The fourth-order valence-corrected chi connectivity index (χ4v) is 2.47. The minimum atomic E-state index is 0.131. The predicted octanol–water partition coefficient (Wildman–Crippen LogP) is 1.94. The summed E-state index contributed by atoms with van der Waals surface area (Å²) in [7, 11) is 0. The molecule has 0 aromatic heterocycles. The van der Waals surface area contributed by atoms with Crippen LogP contribution in [-0.4, -0.2) is 37.5 Å². The first-order valence-corrected chi connectivity index (χ1v) is 6.76. The Labute approximate surface area is 99.6 Å². The van der Waals surface area contributed by atoms with Crippen LogP contribution in [0, 0.1) is 5.92 Å². The second kappa shape index (κ2) is 8.97. The second-order valence-corrected chi connectivity index (χ2v) is 4.83. The normalized spacial score (nSPS) is 19.9. The number of hydrogen-bond donors (Lipinski definition) is 2. The van der Waals surface area contributed by atoms with Gasteiger partial charge in [-0.15, -0.1) is 0 Å². The molecule has 0 radical (unpaired) electrons. The minimum Gasteiger partial charge on any atom is -0.394 e. The highest BCUT2D eigenvalue weighted by molar-refractivity contribution is 4.75. The van der Waals surface area contributed by atoms with E-state index in [9.17, 15) is 0 Å². The maximum atomic E-state index is 8.54. The fourth-order valence-electron chi connectivity index (χ4n) is 2.47. The quantitative estimate of drug-likeness (QED) is 0.625. The van der Waals surface area contributed by atoms with Crippen molar-refractivity contribution in [3.05, 3.63) is 0 Å². The molecule has 1 unspecified atom stereocenters. The number of hydrogen-bond acceptors (Lipinski definition) is 3. The van der Waals surface area contributed by atoms with E-state index in [1.165, 1.54) is 32.1 Å². The van der Waals surface area contributed by atoms with Crippen LogP contribution < -0.4 is 5.32 Å². The highest BCUT2D eigenvalue weighted by Gasteiger charge is 2.18. The summed E-state index contributed by atoms with van der Waals surface area (Å²) in [6.45, 7) is 4.70. The van der Waals surface area contributed by atoms with Crippen molar-refractivity contribution in [2.75, 3.05) is 26.4 Å². The number of rotatable bonds is 8. The molecule has 0 heterocycles. The van der Waals surface area contributed by atoms with Gasteiger partial charge >= 0.3 is 0 Å². The minimum absolute atomic E-state index is 0.131. The zero-order chi connectivity index (χ0) is 11.6. The molecule has 96 valence electrons. The fraction of sp³-hybridized carbons (Fsp3) is 1.00. The third-order valence-electron chi connectivity index (χ3n) is 3.52. The van der Waals surface area contributed by atoms with Gasteiger partial charge in [-0.3, -0.25) is 0 Å².